The molecule has 0 amide bonds. The lowest BCUT2D eigenvalue weighted by Gasteiger charge is -2.09. The Morgan fingerprint density at radius 2 is 2.12 bits per heavy atom. The predicted molar refractivity (Wildman–Crippen MR) is 67.4 cm³/mol. The first-order chi connectivity index (χ1) is 7.50. The average molecular weight is 354 g/mol. The molecule has 7 heteroatoms. The lowest BCUT2D eigenvalue weighted by molar-refractivity contribution is 0.0167. The van der Waals surface area contributed by atoms with E-state index in [4.69, 9.17) is 27.9 Å². The second-order valence-corrected chi connectivity index (χ2v) is 6.39. The van der Waals surface area contributed by atoms with Crippen molar-refractivity contribution in [1.82, 2.24) is 0 Å². The smallest absolute Gasteiger partial charge is 0.261 e. The van der Waals surface area contributed by atoms with Gasteiger partial charge in [0.2, 0.25) is 0 Å². The quantitative estimate of drug-likeness (QED) is 0.506. The highest BCUT2D eigenvalue weighted by Crippen LogP contribution is 2.39. The molecule has 1 aromatic rings. The summed E-state index contributed by atoms with van der Waals surface area (Å²) in [5.41, 5.74) is 0.873. The molecule has 0 radical (unpaired) electrons. The van der Waals surface area contributed by atoms with Crippen LogP contribution in [0.2, 0.25) is 8.67 Å². The van der Waals surface area contributed by atoms with E-state index in [1.54, 1.807) is 6.07 Å². The summed E-state index contributed by atoms with van der Waals surface area (Å²) in [6, 6.07) is 1.76. The van der Waals surface area contributed by atoms with Gasteiger partial charge in [0.1, 0.15) is 6.61 Å². The molecule has 1 rings (SSSR count). The molecular formula is C9H9BrCl2F2OS. The number of halogens is 5. The number of thiophene rings is 1. The van der Waals surface area contributed by atoms with E-state index in [-0.39, 0.29) is 11.4 Å². The molecule has 0 N–H and O–H groups in total. The lowest BCUT2D eigenvalue weighted by Crippen LogP contribution is -2.06. The molecule has 0 aromatic carbocycles. The summed E-state index contributed by atoms with van der Waals surface area (Å²) in [5.74, 6) is 0. The fourth-order valence-electron chi connectivity index (χ4n) is 1.08. The Balaban J connectivity index is 2.35. The van der Waals surface area contributed by atoms with Gasteiger partial charge in [0.05, 0.1) is 8.67 Å². The Hall–Kier alpha value is 0.580. The van der Waals surface area contributed by atoms with Crippen LogP contribution in [0.3, 0.4) is 0 Å². The first-order valence-electron chi connectivity index (χ1n) is 4.45. The second-order valence-electron chi connectivity index (χ2n) is 3.00. The van der Waals surface area contributed by atoms with Crippen molar-refractivity contribution in [3.8, 4) is 0 Å². The van der Waals surface area contributed by atoms with Crippen LogP contribution in [-0.4, -0.2) is 19.6 Å². The third-order valence-corrected chi connectivity index (χ3v) is 4.25. The average Bonchev–Trinajstić information content (AvgIpc) is 2.52. The van der Waals surface area contributed by atoms with Crippen LogP contribution >= 0.6 is 50.5 Å². The Morgan fingerprint density at radius 3 is 2.62 bits per heavy atom. The van der Waals surface area contributed by atoms with Gasteiger partial charge in [-0.1, -0.05) is 39.1 Å². The van der Waals surface area contributed by atoms with Crippen molar-refractivity contribution in [2.75, 3.05) is 13.2 Å². The maximum atomic E-state index is 11.8. The Morgan fingerprint density at radius 1 is 1.44 bits per heavy atom. The molecule has 1 heterocycles. The predicted octanol–water partition coefficient (Wildman–Crippen LogP) is 5.16. The minimum Gasteiger partial charge on any atom is -0.375 e. The summed E-state index contributed by atoms with van der Waals surface area (Å²) in [6.07, 6.45) is -1.85. The van der Waals surface area contributed by atoms with Crippen molar-refractivity contribution in [2.45, 2.75) is 17.7 Å². The molecule has 0 aliphatic rings. The third kappa shape index (κ3) is 4.84. The largest absolute Gasteiger partial charge is 0.375 e. The van der Waals surface area contributed by atoms with Crippen molar-refractivity contribution in [3.63, 3.8) is 0 Å². The van der Waals surface area contributed by atoms with Gasteiger partial charge < -0.3 is 4.74 Å². The monoisotopic (exact) mass is 352 g/mol. The summed E-state index contributed by atoms with van der Waals surface area (Å²) >= 11 is 16.4. The number of alkyl halides is 3. The van der Waals surface area contributed by atoms with E-state index in [2.05, 4.69) is 15.9 Å². The molecule has 1 nitrogen and oxygen atoms in total. The molecular weight excluding hydrogens is 345 g/mol. The highest BCUT2D eigenvalue weighted by Gasteiger charge is 2.15. The Labute approximate surface area is 115 Å². The Kier molecular flexibility index (Phi) is 6.51. The highest BCUT2D eigenvalue weighted by atomic mass is 79.9. The van der Waals surface area contributed by atoms with E-state index in [9.17, 15) is 8.78 Å². The van der Waals surface area contributed by atoms with Crippen LogP contribution in [0.4, 0.5) is 8.78 Å². The van der Waals surface area contributed by atoms with Crippen molar-refractivity contribution in [1.29, 1.82) is 0 Å². The Bertz CT molecular complexity index is 335. The molecule has 0 aliphatic heterocycles. The van der Waals surface area contributed by atoms with E-state index in [1.165, 1.54) is 11.3 Å². The number of hydrogen-bond donors (Lipinski definition) is 0. The van der Waals surface area contributed by atoms with Crippen molar-refractivity contribution < 1.29 is 13.5 Å². The fourth-order valence-corrected chi connectivity index (χ4v) is 3.49. The molecule has 92 valence electrons. The van der Waals surface area contributed by atoms with E-state index in [0.29, 0.717) is 15.1 Å². The maximum Gasteiger partial charge on any atom is 0.261 e. The first-order valence-corrected chi connectivity index (χ1v) is 6.94. The van der Waals surface area contributed by atoms with Crippen molar-refractivity contribution in [3.05, 3.63) is 20.3 Å². The van der Waals surface area contributed by atoms with Gasteiger partial charge in [-0.2, -0.15) is 0 Å². The van der Waals surface area contributed by atoms with Gasteiger partial charge in [-0.3, -0.25) is 0 Å². The van der Waals surface area contributed by atoms with Gasteiger partial charge >= 0.3 is 0 Å². The maximum absolute atomic E-state index is 11.8. The van der Waals surface area contributed by atoms with Crippen LogP contribution < -0.4 is 0 Å². The molecule has 16 heavy (non-hydrogen) atoms. The van der Waals surface area contributed by atoms with Gasteiger partial charge in [-0.25, -0.2) is 8.78 Å². The number of hydrogen-bond acceptors (Lipinski definition) is 2. The molecule has 0 saturated heterocycles. The van der Waals surface area contributed by atoms with Crippen LogP contribution in [0, 0.1) is 0 Å². The summed E-state index contributed by atoms with van der Waals surface area (Å²) in [4.78, 5) is -0.0265. The van der Waals surface area contributed by atoms with Crippen molar-refractivity contribution >= 4 is 50.5 Å². The highest BCUT2D eigenvalue weighted by molar-refractivity contribution is 9.09. The van der Waals surface area contributed by atoms with Crippen LogP contribution in [0.15, 0.2) is 6.07 Å². The molecule has 0 aliphatic carbocycles. The minimum atomic E-state index is -2.42. The van der Waals surface area contributed by atoms with E-state index in [1.807, 2.05) is 0 Å². The minimum absolute atomic E-state index is 0.0265. The lowest BCUT2D eigenvalue weighted by atomic mass is 10.2. The molecule has 0 saturated carbocycles. The fraction of sp³-hybridized carbons (Fsp3) is 0.556. The molecule has 0 spiro atoms. The van der Waals surface area contributed by atoms with Gasteiger partial charge in [0.25, 0.3) is 6.43 Å². The summed E-state index contributed by atoms with van der Waals surface area (Å²) in [5, 5.41) is 0. The zero-order chi connectivity index (χ0) is 12.1. The number of rotatable bonds is 6. The summed E-state index contributed by atoms with van der Waals surface area (Å²) in [6.45, 7) is -0.276. The van der Waals surface area contributed by atoms with Gasteiger partial charge in [-0.05, 0) is 18.1 Å². The van der Waals surface area contributed by atoms with Gasteiger partial charge in [-0.15, -0.1) is 11.3 Å². The van der Waals surface area contributed by atoms with Crippen LogP contribution in [0.1, 0.15) is 16.8 Å². The van der Waals surface area contributed by atoms with Crippen LogP contribution in [0.25, 0.3) is 0 Å². The van der Waals surface area contributed by atoms with Gasteiger partial charge in [0, 0.05) is 11.4 Å². The van der Waals surface area contributed by atoms with Crippen molar-refractivity contribution in [2.24, 2.45) is 0 Å². The first kappa shape index (κ1) is 14.6. The molecule has 0 bridgehead atoms. The zero-order valence-electron chi connectivity index (χ0n) is 8.06. The molecule has 1 aromatic heterocycles. The number of ether oxygens (including phenoxy) is 1. The second kappa shape index (κ2) is 7.11. The zero-order valence-corrected chi connectivity index (χ0v) is 12.0. The molecule has 1 atom stereocenters. The normalized spacial score (nSPS) is 13.4. The van der Waals surface area contributed by atoms with Gasteiger partial charge in [0.15, 0.2) is 0 Å². The van der Waals surface area contributed by atoms with E-state index < -0.39 is 13.0 Å². The van der Waals surface area contributed by atoms with Crippen LogP contribution in [-0.2, 0) is 4.74 Å². The third-order valence-electron chi connectivity index (χ3n) is 1.78. The molecule has 0 fully saturated rings. The standard InChI is InChI=1S/C9H9BrCl2F2OS/c10-6(1-2-15-4-8(13)14)5-3-7(11)16-9(5)12/h3,6,8H,1-2,4H2. The van der Waals surface area contributed by atoms with E-state index in [0.717, 1.165) is 5.56 Å². The molecule has 1 unspecified atom stereocenters. The van der Waals surface area contributed by atoms with E-state index >= 15 is 0 Å². The summed E-state index contributed by atoms with van der Waals surface area (Å²) in [7, 11) is 0. The summed E-state index contributed by atoms with van der Waals surface area (Å²) < 4.78 is 29.6. The topological polar surface area (TPSA) is 9.23 Å². The van der Waals surface area contributed by atoms with Crippen LogP contribution in [0.5, 0.6) is 0 Å². The SMILES string of the molecule is FC(F)COCCC(Br)c1cc(Cl)sc1Cl.